The summed E-state index contributed by atoms with van der Waals surface area (Å²) in [5, 5.41) is 9.37. The van der Waals surface area contributed by atoms with Gasteiger partial charge in [-0.3, -0.25) is 20.1 Å². The third-order valence-corrected chi connectivity index (χ3v) is 5.62. The molecule has 0 saturated heterocycles. The quantitative estimate of drug-likeness (QED) is 0.351. The van der Waals surface area contributed by atoms with Gasteiger partial charge in [0.25, 0.3) is 0 Å². The summed E-state index contributed by atoms with van der Waals surface area (Å²) in [7, 11) is 0. The van der Waals surface area contributed by atoms with Gasteiger partial charge in [-0.1, -0.05) is 0 Å². The zero-order valence-corrected chi connectivity index (χ0v) is 17.6. The smallest absolute Gasteiger partial charge is 0.124 e. The minimum absolute atomic E-state index is 0.283. The second kappa shape index (κ2) is 7.23. The highest BCUT2D eigenvalue weighted by molar-refractivity contribution is 6.00. The summed E-state index contributed by atoms with van der Waals surface area (Å²) in [6.45, 7) is 1.87. The number of rotatable bonds is 3. The van der Waals surface area contributed by atoms with E-state index in [9.17, 15) is 4.39 Å². The Bertz CT molecular complexity index is 1640. The molecule has 5 aromatic heterocycles. The molecule has 0 spiro atoms. The number of H-pyrrole nitrogens is 2. The van der Waals surface area contributed by atoms with E-state index >= 15 is 0 Å². The Morgan fingerprint density at radius 3 is 2.58 bits per heavy atom. The largest absolute Gasteiger partial charge is 0.397 e. The van der Waals surface area contributed by atoms with Crippen LogP contribution in [0.3, 0.4) is 0 Å². The second-order valence-electron chi connectivity index (χ2n) is 8.02. The van der Waals surface area contributed by atoms with Crippen LogP contribution in [0.4, 0.5) is 10.1 Å². The molecule has 33 heavy (non-hydrogen) atoms. The minimum Gasteiger partial charge on any atom is -0.397 e. The number of hydrogen-bond donors (Lipinski definition) is 3. The van der Waals surface area contributed by atoms with Gasteiger partial charge in [-0.25, -0.2) is 4.39 Å². The van der Waals surface area contributed by atoms with Crippen LogP contribution in [0.25, 0.3) is 55.7 Å². The first kappa shape index (κ1) is 19.1. The molecule has 8 heteroatoms. The zero-order chi connectivity index (χ0) is 22.5. The normalized spacial score (nSPS) is 11.5. The molecule has 0 saturated carbocycles. The minimum atomic E-state index is -0.283. The van der Waals surface area contributed by atoms with E-state index < -0.39 is 0 Å². The molecule has 6 rings (SSSR count). The molecule has 0 aliphatic rings. The maximum atomic E-state index is 14.1. The maximum Gasteiger partial charge on any atom is 0.124 e. The Hall–Kier alpha value is -4.59. The predicted molar refractivity (Wildman–Crippen MR) is 127 cm³/mol. The van der Waals surface area contributed by atoms with Crippen molar-refractivity contribution in [3.8, 4) is 33.9 Å². The van der Waals surface area contributed by atoms with Crippen molar-refractivity contribution in [3.63, 3.8) is 0 Å². The molecule has 7 nitrogen and oxygen atoms in total. The van der Waals surface area contributed by atoms with Crippen LogP contribution in [0, 0.1) is 12.7 Å². The van der Waals surface area contributed by atoms with Crippen LogP contribution in [0.2, 0.25) is 0 Å². The predicted octanol–water partition coefficient (Wildman–Crippen LogP) is 5.26. The van der Waals surface area contributed by atoms with Gasteiger partial charge >= 0.3 is 0 Å². The van der Waals surface area contributed by atoms with Crippen molar-refractivity contribution in [2.45, 2.75) is 6.92 Å². The standard InChI is InChI=1S/C25H18FN7/c1-13-4-14(6-16(26)5-13)24-18-9-22(31-20(18)2-3-29-24)25-19-8-21(30-12-23(19)32-33-25)15-7-17(27)11-28-10-15/h2-12,31H,27H2,1H3,(H,32,33). The third kappa shape index (κ3) is 3.28. The van der Waals surface area contributed by atoms with Gasteiger partial charge in [0, 0.05) is 46.0 Å². The van der Waals surface area contributed by atoms with E-state index in [2.05, 4.69) is 30.1 Å². The van der Waals surface area contributed by atoms with Gasteiger partial charge in [0.05, 0.1) is 34.5 Å². The topological polar surface area (TPSA) is 109 Å². The number of nitrogens with two attached hydrogens (primary N) is 1. The molecule has 1 aromatic carbocycles. The van der Waals surface area contributed by atoms with Crippen LogP contribution >= 0.6 is 0 Å². The maximum absolute atomic E-state index is 14.1. The van der Waals surface area contributed by atoms with Gasteiger partial charge in [-0.15, -0.1) is 0 Å². The number of nitrogen functional groups attached to an aromatic ring is 1. The Morgan fingerprint density at radius 1 is 0.848 bits per heavy atom. The molecule has 160 valence electrons. The molecule has 5 heterocycles. The number of anilines is 1. The first-order valence-corrected chi connectivity index (χ1v) is 10.4. The average molecular weight is 435 g/mol. The summed E-state index contributed by atoms with van der Waals surface area (Å²) in [5.74, 6) is -0.283. The monoisotopic (exact) mass is 435 g/mol. The second-order valence-corrected chi connectivity index (χ2v) is 8.02. The van der Waals surface area contributed by atoms with Crippen LogP contribution in [-0.2, 0) is 0 Å². The van der Waals surface area contributed by atoms with Crippen LogP contribution in [0.15, 0.2) is 67.3 Å². The fourth-order valence-corrected chi connectivity index (χ4v) is 4.16. The van der Waals surface area contributed by atoms with Crippen molar-refractivity contribution in [3.05, 3.63) is 78.6 Å². The SMILES string of the molecule is Cc1cc(F)cc(-c2nccc3[nH]c(-c4n[nH]c5cnc(-c6cncc(N)c6)cc45)cc23)c1. The first-order valence-electron chi connectivity index (χ1n) is 10.4. The van der Waals surface area contributed by atoms with Crippen LogP contribution in [0.5, 0.6) is 0 Å². The van der Waals surface area contributed by atoms with Gasteiger partial charge < -0.3 is 10.7 Å². The number of aromatic nitrogens is 6. The van der Waals surface area contributed by atoms with Gasteiger partial charge in [-0.05, 0) is 55.0 Å². The van der Waals surface area contributed by atoms with Gasteiger partial charge in [0.2, 0.25) is 0 Å². The lowest BCUT2D eigenvalue weighted by atomic mass is 10.0. The number of aryl methyl sites for hydroxylation is 1. The molecule has 0 fully saturated rings. The zero-order valence-electron chi connectivity index (χ0n) is 17.6. The van der Waals surface area contributed by atoms with E-state index in [0.29, 0.717) is 11.4 Å². The Labute approximate surface area is 187 Å². The van der Waals surface area contributed by atoms with Crippen molar-refractivity contribution in [1.29, 1.82) is 0 Å². The van der Waals surface area contributed by atoms with Crippen molar-refractivity contribution in [2.75, 3.05) is 5.73 Å². The molecule has 6 aromatic rings. The number of fused-ring (bicyclic) bond motifs is 2. The van der Waals surface area contributed by atoms with Crippen molar-refractivity contribution >= 4 is 27.5 Å². The van der Waals surface area contributed by atoms with Crippen molar-refractivity contribution in [2.24, 2.45) is 0 Å². The van der Waals surface area contributed by atoms with E-state index in [0.717, 1.165) is 55.6 Å². The molecule has 0 atom stereocenters. The molecule has 0 unspecified atom stereocenters. The van der Waals surface area contributed by atoms with E-state index in [1.807, 2.05) is 37.3 Å². The highest BCUT2D eigenvalue weighted by atomic mass is 19.1. The van der Waals surface area contributed by atoms with E-state index in [-0.39, 0.29) is 5.82 Å². The van der Waals surface area contributed by atoms with E-state index in [1.165, 1.54) is 12.1 Å². The fourth-order valence-electron chi connectivity index (χ4n) is 4.16. The number of nitrogens with one attached hydrogen (secondary N) is 2. The molecule has 0 radical (unpaired) electrons. The lowest BCUT2D eigenvalue weighted by molar-refractivity contribution is 0.627. The number of pyridine rings is 3. The summed E-state index contributed by atoms with van der Waals surface area (Å²) >= 11 is 0. The van der Waals surface area contributed by atoms with Crippen LogP contribution in [-0.4, -0.2) is 30.1 Å². The highest BCUT2D eigenvalue weighted by Crippen LogP contribution is 2.34. The Balaban J connectivity index is 1.51. The molecule has 4 N–H and O–H groups in total. The summed E-state index contributed by atoms with van der Waals surface area (Å²) in [5.41, 5.74) is 13.6. The van der Waals surface area contributed by atoms with Gasteiger partial charge in [0.15, 0.2) is 0 Å². The summed E-state index contributed by atoms with van der Waals surface area (Å²) in [4.78, 5) is 16.6. The van der Waals surface area contributed by atoms with Crippen molar-refractivity contribution < 1.29 is 4.39 Å². The van der Waals surface area contributed by atoms with Gasteiger partial charge in [-0.2, -0.15) is 5.10 Å². The summed E-state index contributed by atoms with van der Waals surface area (Å²) < 4.78 is 14.1. The van der Waals surface area contributed by atoms with E-state index in [4.69, 9.17) is 5.73 Å². The molecule has 0 aliphatic carbocycles. The fraction of sp³-hybridized carbons (Fsp3) is 0.0400. The van der Waals surface area contributed by atoms with Crippen LogP contribution in [0.1, 0.15) is 5.56 Å². The lowest BCUT2D eigenvalue weighted by Crippen LogP contribution is -1.89. The summed E-state index contributed by atoms with van der Waals surface area (Å²) in [6, 6.07) is 12.6. The summed E-state index contributed by atoms with van der Waals surface area (Å²) in [6.07, 6.45) is 6.79. The number of aromatic amines is 2. The molecular formula is C25H18FN7. The number of hydrogen-bond acceptors (Lipinski definition) is 5. The van der Waals surface area contributed by atoms with E-state index in [1.54, 1.807) is 24.8 Å². The lowest BCUT2D eigenvalue weighted by Gasteiger charge is -2.04. The van der Waals surface area contributed by atoms with Crippen molar-refractivity contribution in [1.82, 2.24) is 30.1 Å². The van der Waals surface area contributed by atoms with Crippen LogP contribution < -0.4 is 5.73 Å². The molecule has 0 aliphatic heterocycles. The third-order valence-electron chi connectivity index (χ3n) is 5.62. The molecular weight excluding hydrogens is 417 g/mol. The number of halogens is 1. The number of nitrogens with zero attached hydrogens (tertiary/aromatic N) is 4. The molecule has 0 bridgehead atoms. The van der Waals surface area contributed by atoms with Gasteiger partial charge in [0.1, 0.15) is 11.5 Å². The molecule has 0 amide bonds. The first-order chi connectivity index (χ1) is 16.0. The average Bonchev–Trinajstić information content (AvgIpc) is 3.41. The Morgan fingerprint density at radius 2 is 1.73 bits per heavy atom. The Kier molecular flexibility index (Phi) is 4.19. The highest BCUT2D eigenvalue weighted by Gasteiger charge is 2.16. The number of benzene rings is 1.